The molecule has 0 amide bonds. The lowest BCUT2D eigenvalue weighted by molar-refractivity contribution is -0.384. The first kappa shape index (κ1) is 12.3. The van der Waals surface area contributed by atoms with Crippen molar-refractivity contribution in [1.29, 1.82) is 0 Å². The highest BCUT2D eigenvalue weighted by Gasteiger charge is 2.18. The van der Waals surface area contributed by atoms with E-state index in [9.17, 15) is 10.1 Å². The van der Waals surface area contributed by atoms with E-state index in [2.05, 4.69) is 20.3 Å². The van der Waals surface area contributed by atoms with Gasteiger partial charge in [-0.05, 0) is 13.0 Å². The van der Waals surface area contributed by atoms with Crippen LogP contribution in [0.15, 0.2) is 24.5 Å². The van der Waals surface area contributed by atoms with Crippen molar-refractivity contribution in [3.63, 3.8) is 0 Å². The number of anilines is 1. The van der Waals surface area contributed by atoms with Crippen LogP contribution in [0.3, 0.4) is 0 Å². The number of hydrogen-bond acceptors (Lipinski definition) is 5. The molecule has 2 N–H and O–H groups in total. The molecular formula is C10H10ClN5O2. The lowest BCUT2D eigenvalue weighted by Crippen LogP contribution is -2.11. The molecule has 2 rings (SSSR count). The Labute approximate surface area is 107 Å². The van der Waals surface area contributed by atoms with Crippen LogP contribution in [-0.4, -0.2) is 19.9 Å². The van der Waals surface area contributed by atoms with Crippen molar-refractivity contribution in [3.05, 3.63) is 45.6 Å². The van der Waals surface area contributed by atoms with Gasteiger partial charge in [0, 0.05) is 18.5 Å². The summed E-state index contributed by atoms with van der Waals surface area (Å²) in [4.78, 5) is 21.2. The van der Waals surface area contributed by atoms with E-state index in [0.29, 0.717) is 5.82 Å². The molecule has 2 heterocycles. The van der Waals surface area contributed by atoms with E-state index in [1.54, 1.807) is 12.4 Å². The lowest BCUT2D eigenvalue weighted by atomic mass is 10.3. The van der Waals surface area contributed by atoms with Crippen molar-refractivity contribution < 1.29 is 4.92 Å². The fourth-order valence-corrected chi connectivity index (χ4v) is 1.62. The first-order valence-electron chi connectivity index (χ1n) is 5.14. The molecule has 7 nitrogen and oxygen atoms in total. The number of pyridine rings is 1. The number of H-pyrrole nitrogens is 1. The van der Waals surface area contributed by atoms with Gasteiger partial charge in [0.15, 0.2) is 0 Å². The van der Waals surface area contributed by atoms with Crippen molar-refractivity contribution in [3.8, 4) is 0 Å². The molecule has 2 aromatic heterocycles. The topological polar surface area (TPSA) is 96.7 Å². The highest BCUT2D eigenvalue weighted by molar-refractivity contribution is 6.29. The Hall–Kier alpha value is -2.15. The monoisotopic (exact) mass is 267 g/mol. The van der Waals surface area contributed by atoms with Crippen molar-refractivity contribution >= 4 is 23.1 Å². The summed E-state index contributed by atoms with van der Waals surface area (Å²) >= 11 is 5.73. The van der Waals surface area contributed by atoms with Gasteiger partial charge < -0.3 is 10.3 Å². The molecule has 0 saturated heterocycles. The molecule has 0 saturated carbocycles. The van der Waals surface area contributed by atoms with Gasteiger partial charge in [0.1, 0.15) is 11.0 Å². The van der Waals surface area contributed by atoms with Crippen LogP contribution in [0, 0.1) is 10.1 Å². The minimum absolute atomic E-state index is 0.122. The Morgan fingerprint density at radius 1 is 1.56 bits per heavy atom. The molecule has 0 radical (unpaired) electrons. The van der Waals surface area contributed by atoms with Crippen LogP contribution < -0.4 is 5.32 Å². The number of nitrogens with one attached hydrogen (secondary N) is 2. The van der Waals surface area contributed by atoms with Gasteiger partial charge >= 0.3 is 5.69 Å². The van der Waals surface area contributed by atoms with E-state index in [1.807, 2.05) is 6.92 Å². The van der Waals surface area contributed by atoms with Crippen LogP contribution in [0.4, 0.5) is 11.5 Å². The molecule has 0 fully saturated rings. The number of nitro groups is 1. The second-order valence-electron chi connectivity index (χ2n) is 3.60. The standard InChI is InChI=1S/C10H10ClN5O2/c1-6(9-12-4-5-13-9)14-10-7(16(17)18)2-3-8(11)15-10/h2-6H,1H3,(H,12,13)(H,14,15). The van der Waals surface area contributed by atoms with Crippen LogP contribution in [0.2, 0.25) is 5.15 Å². The van der Waals surface area contributed by atoms with E-state index >= 15 is 0 Å². The maximum absolute atomic E-state index is 10.9. The third-order valence-corrected chi connectivity index (χ3v) is 2.53. The summed E-state index contributed by atoms with van der Waals surface area (Å²) < 4.78 is 0. The molecule has 18 heavy (non-hydrogen) atoms. The lowest BCUT2D eigenvalue weighted by Gasteiger charge is -2.12. The third kappa shape index (κ3) is 2.57. The molecule has 0 aliphatic heterocycles. The van der Waals surface area contributed by atoms with Crippen LogP contribution in [-0.2, 0) is 0 Å². The zero-order chi connectivity index (χ0) is 13.1. The smallest absolute Gasteiger partial charge is 0.311 e. The second-order valence-corrected chi connectivity index (χ2v) is 3.99. The fraction of sp³-hybridized carbons (Fsp3) is 0.200. The third-order valence-electron chi connectivity index (χ3n) is 2.32. The Bertz CT molecular complexity index is 557. The first-order valence-corrected chi connectivity index (χ1v) is 5.52. The van der Waals surface area contributed by atoms with Gasteiger partial charge in [-0.2, -0.15) is 0 Å². The molecule has 0 aromatic carbocycles. The van der Waals surface area contributed by atoms with E-state index in [0.717, 1.165) is 0 Å². The van der Waals surface area contributed by atoms with E-state index in [4.69, 9.17) is 11.6 Å². The van der Waals surface area contributed by atoms with Crippen molar-refractivity contribution in [2.75, 3.05) is 5.32 Å². The molecule has 2 aromatic rings. The summed E-state index contributed by atoms with van der Waals surface area (Å²) in [6, 6.07) is 2.44. The summed E-state index contributed by atoms with van der Waals surface area (Å²) in [6.07, 6.45) is 3.28. The molecular weight excluding hydrogens is 258 g/mol. The number of hydrogen-bond donors (Lipinski definition) is 2. The zero-order valence-corrected chi connectivity index (χ0v) is 10.2. The maximum atomic E-state index is 10.9. The van der Waals surface area contributed by atoms with Gasteiger partial charge in [-0.25, -0.2) is 9.97 Å². The SMILES string of the molecule is CC(Nc1nc(Cl)ccc1[N+](=O)[O-])c1ncc[nH]1. The minimum atomic E-state index is -0.513. The molecule has 1 atom stereocenters. The Kier molecular flexibility index (Phi) is 3.42. The number of imidazole rings is 1. The molecule has 0 aliphatic carbocycles. The van der Waals surface area contributed by atoms with E-state index in [-0.39, 0.29) is 22.7 Å². The van der Waals surface area contributed by atoms with Crippen LogP contribution in [0.5, 0.6) is 0 Å². The first-order chi connectivity index (χ1) is 8.58. The number of nitrogens with zero attached hydrogens (tertiary/aromatic N) is 3. The Morgan fingerprint density at radius 3 is 2.94 bits per heavy atom. The Balaban J connectivity index is 2.28. The largest absolute Gasteiger partial charge is 0.355 e. The molecule has 0 aliphatic rings. The van der Waals surface area contributed by atoms with Crippen molar-refractivity contribution in [2.24, 2.45) is 0 Å². The zero-order valence-electron chi connectivity index (χ0n) is 9.42. The summed E-state index contributed by atoms with van der Waals surface area (Å²) in [7, 11) is 0. The van der Waals surface area contributed by atoms with Crippen LogP contribution >= 0.6 is 11.6 Å². The molecule has 0 bridgehead atoms. The quantitative estimate of drug-likeness (QED) is 0.504. The molecule has 94 valence electrons. The summed E-state index contributed by atoms with van der Waals surface area (Å²) in [5.74, 6) is 0.780. The normalized spacial score (nSPS) is 12.1. The highest BCUT2D eigenvalue weighted by atomic mass is 35.5. The van der Waals surface area contributed by atoms with Gasteiger partial charge in [0.25, 0.3) is 0 Å². The van der Waals surface area contributed by atoms with Gasteiger partial charge in [0.05, 0.1) is 11.0 Å². The Morgan fingerprint density at radius 2 is 2.33 bits per heavy atom. The fourth-order valence-electron chi connectivity index (χ4n) is 1.47. The van der Waals surface area contributed by atoms with Crippen molar-refractivity contribution in [2.45, 2.75) is 13.0 Å². The van der Waals surface area contributed by atoms with E-state index in [1.165, 1.54) is 12.1 Å². The average Bonchev–Trinajstić information content (AvgIpc) is 2.81. The summed E-state index contributed by atoms with van der Waals surface area (Å²) in [5, 5.41) is 14.0. The summed E-state index contributed by atoms with van der Waals surface area (Å²) in [6.45, 7) is 1.81. The van der Waals surface area contributed by atoms with Gasteiger partial charge in [-0.1, -0.05) is 11.6 Å². The van der Waals surface area contributed by atoms with Crippen LogP contribution in [0.25, 0.3) is 0 Å². The number of rotatable bonds is 4. The van der Waals surface area contributed by atoms with Crippen LogP contribution in [0.1, 0.15) is 18.8 Å². The molecule has 0 spiro atoms. The predicted octanol–water partition coefficient (Wildman–Crippen LogP) is 2.54. The molecule has 1 unspecified atom stereocenters. The summed E-state index contributed by atoms with van der Waals surface area (Å²) in [5.41, 5.74) is -0.127. The number of aromatic nitrogens is 3. The van der Waals surface area contributed by atoms with Gasteiger partial charge in [0.2, 0.25) is 5.82 Å². The predicted molar refractivity (Wildman–Crippen MR) is 66.5 cm³/mol. The number of aromatic amines is 1. The van der Waals surface area contributed by atoms with E-state index < -0.39 is 4.92 Å². The molecule has 8 heteroatoms. The minimum Gasteiger partial charge on any atom is -0.355 e. The maximum Gasteiger partial charge on any atom is 0.311 e. The number of halogens is 1. The highest BCUT2D eigenvalue weighted by Crippen LogP contribution is 2.26. The van der Waals surface area contributed by atoms with Gasteiger partial charge in [-0.15, -0.1) is 0 Å². The second kappa shape index (κ2) is 5.01. The average molecular weight is 268 g/mol. The van der Waals surface area contributed by atoms with Gasteiger partial charge in [-0.3, -0.25) is 10.1 Å². The van der Waals surface area contributed by atoms with Crippen molar-refractivity contribution in [1.82, 2.24) is 15.0 Å².